The minimum Gasteiger partial charge on any atom is -0.458 e. The highest BCUT2D eigenvalue weighted by atomic mass is 32.1. The van der Waals surface area contributed by atoms with Crippen LogP contribution in [0.3, 0.4) is 0 Å². The quantitative estimate of drug-likeness (QED) is 0.308. The van der Waals surface area contributed by atoms with Crippen LogP contribution >= 0.6 is 11.3 Å². The fourth-order valence-electron chi connectivity index (χ4n) is 5.75. The first-order valence-electron chi connectivity index (χ1n) is 13.4. The maximum absolute atomic E-state index is 15.1. The summed E-state index contributed by atoms with van der Waals surface area (Å²) in [5.41, 5.74) is -2.63. The summed E-state index contributed by atoms with van der Waals surface area (Å²) < 4.78 is 74.8. The molecule has 1 aliphatic heterocycles. The van der Waals surface area contributed by atoms with Crippen molar-refractivity contribution in [3.63, 3.8) is 0 Å². The number of aliphatic hydroxyl groups is 2. The summed E-state index contributed by atoms with van der Waals surface area (Å²) in [7, 11) is 0. The van der Waals surface area contributed by atoms with Gasteiger partial charge in [0.25, 0.3) is 5.92 Å². The van der Waals surface area contributed by atoms with Crippen LogP contribution in [0.4, 0.5) is 22.0 Å². The first-order valence-corrected chi connectivity index (χ1v) is 14.3. The summed E-state index contributed by atoms with van der Waals surface area (Å²) in [5, 5.41) is 21.7. The lowest BCUT2D eigenvalue weighted by Gasteiger charge is -2.34. The predicted molar refractivity (Wildman–Crippen MR) is 139 cm³/mol. The van der Waals surface area contributed by atoms with E-state index in [-0.39, 0.29) is 30.0 Å². The molecule has 0 spiro atoms. The van der Waals surface area contributed by atoms with Gasteiger partial charge in [-0.3, -0.25) is 9.59 Å². The van der Waals surface area contributed by atoms with Gasteiger partial charge in [0, 0.05) is 22.6 Å². The van der Waals surface area contributed by atoms with Crippen molar-refractivity contribution in [2.24, 2.45) is 28.6 Å². The number of halogens is 5. The number of ketones is 1. The number of alkyl halides is 5. The average Bonchev–Trinajstić information content (AvgIpc) is 3.16. The monoisotopic (exact) mass is 595 g/mol. The summed E-state index contributed by atoms with van der Waals surface area (Å²) in [4.78, 5) is 29.7. The SMILES string of the molecule is C/C(=C\c1csc(C(F)(F)F)n1)[C@@H]1C[C@@H]2C(F)(F)[C@]2(C)CCC[C@H](C)[C@H](O)[C@@H](C)C(=O)C(C)(C)[C@@H](O)CC(=O)O1. The van der Waals surface area contributed by atoms with E-state index < -0.39 is 76.3 Å². The summed E-state index contributed by atoms with van der Waals surface area (Å²) in [6.07, 6.45) is -7.10. The van der Waals surface area contributed by atoms with Gasteiger partial charge in [-0.25, -0.2) is 13.8 Å². The Morgan fingerprint density at radius 2 is 1.80 bits per heavy atom. The molecule has 0 unspecified atom stereocenters. The van der Waals surface area contributed by atoms with Gasteiger partial charge in [-0.05, 0) is 43.8 Å². The summed E-state index contributed by atoms with van der Waals surface area (Å²) in [6.45, 7) is 9.13. The lowest BCUT2D eigenvalue weighted by molar-refractivity contribution is -0.154. The Kier molecular flexibility index (Phi) is 9.29. The molecule has 6 nitrogen and oxygen atoms in total. The van der Waals surface area contributed by atoms with Gasteiger partial charge in [-0.1, -0.05) is 41.0 Å². The number of rotatable bonds is 2. The minimum absolute atomic E-state index is 0.0448. The second-order valence-electron chi connectivity index (χ2n) is 12.2. The number of hydrogen-bond acceptors (Lipinski definition) is 7. The second-order valence-corrected chi connectivity index (χ2v) is 13.1. The molecule has 1 saturated carbocycles. The molecule has 2 aliphatic rings. The van der Waals surface area contributed by atoms with E-state index in [1.165, 1.54) is 39.2 Å². The van der Waals surface area contributed by atoms with Gasteiger partial charge in [-0.15, -0.1) is 11.3 Å². The molecule has 1 aromatic rings. The van der Waals surface area contributed by atoms with Crippen LogP contribution in [0, 0.1) is 28.6 Å². The number of ether oxygens (including phenoxy) is 1. The summed E-state index contributed by atoms with van der Waals surface area (Å²) in [6, 6.07) is 0. The van der Waals surface area contributed by atoms with Gasteiger partial charge < -0.3 is 14.9 Å². The molecule has 40 heavy (non-hydrogen) atoms. The smallest absolute Gasteiger partial charge is 0.443 e. The first kappa shape index (κ1) is 32.6. The minimum atomic E-state index is -4.64. The molecule has 2 fully saturated rings. The third-order valence-electron chi connectivity index (χ3n) is 8.95. The number of Topliss-reactive ketones (excluding diaryl/α,β-unsaturated/α-hetero) is 1. The highest BCUT2D eigenvalue weighted by Crippen LogP contribution is 2.70. The van der Waals surface area contributed by atoms with E-state index in [4.69, 9.17) is 4.74 Å². The normalized spacial score (nSPS) is 36.1. The standard InChI is InChI=1S/C28H38F5NO5S/c1-14-8-7-9-26(6)19(27(26,29)30)11-18(15(2)10-17-13-40-24(34-17)28(31,32)33)39-21(36)12-20(35)25(4,5)23(38)16(3)22(14)37/h10,13-14,16,18-20,22,35,37H,7-9,11-12H2,1-6H3/b15-10+/t14-,16+,18-,19-,20-,22-,26+/m0/s1. The Bertz CT molecular complexity index is 1130. The maximum atomic E-state index is 15.1. The van der Waals surface area contributed by atoms with Gasteiger partial charge in [-0.2, -0.15) is 13.2 Å². The molecule has 1 saturated heterocycles. The number of cyclic esters (lactones) is 1. The fraction of sp³-hybridized carbons (Fsp3) is 0.750. The third kappa shape index (κ3) is 6.43. The zero-order chi connectivity index (χ0) is 30.4. The highest BCUT2D eigenvalue weighted by Gasteiger charge is 2.76. The van der Waals surface area contributed by atoms with Crippen LogP contribution < -0.4 is 0 Å². The van der Waals surface area contributed by atoms with Crippen LogP contribution in [0.25, 0.3) is 6.08 Å². The van der Waals surface area contributed by atoms with Crippen LogP contribution in [0.1, 0.15) is 84.3 Å². The van der Waals surface area contributed by atoms with Gasteiger partial charge in [0.2, 0.25) is 0 Å². The molecule has 3 rings (SSSR count). The van der Waals surface area contributed by atoms with E-state index in [0.29, 0.717) is 24.2 Å². The maximum Gasteiger partial charge on any atom is 0.443 e. The Labute approximate surface area is 235 Å². The first-order chi connectivity index (χ1) is 18.2. The predicted octanol–water partition coefficient (Wildman–Crippen LogP) is 6.30. The largest absolute Gasteiger partial charge is 0.458 e. The van der Waals surface area contributed by atoms with Gasteiger partial charge in [0.1, 0.15) is 11.9 Å². The van der Waals surface area contributed by atoms with Crippen molar-refractivity contribution < 1.29 is 46.5 Å². The lowest BCUT2D eigenvalue weighted by Crippen LogP contribution is -2.45. The lowest BCUT2D eigenvalue weighted by atomic mass is 9.73. The molecule has 2 N–H and O–H groups in total. The topological polar surface area (TPSA) is 96.7 Å². The Hall–Kier alpha value is -1.92. The Morgan fingerprint density at radius 3 is 2.38 bits per heavy atom. The molecule has 226 valence electrons. The van der Waals surface area contributed by atoms with Crippen molar-refractivity contribution in [3.05, 3.63) is 21.7 Å². The van der Waals surface area contributed by atoms with E-state index in [9.17, 15) is 33.0 Å². The van der Waals surface area contributed by atoms with Crippen LogP contribution in [-0.2, 0) is 20.5 Å². The molecule has 7 atom stereocenters. The summed E-state index contributed by atoms with van der Waals surface area (Å²) >= 11 is 0.390. The van der Waals surface area contributed by atoms with Crippen LogP contribution in [0.2, 0.25) is 0 Å². The van der Waals surface area contributed by atoms with Crippen molar-refractivity contribution in [1.29, 1.82) is 0 Å². The van der Waals surface area contributed by atoms with E-state index in [1.807, 2.05) is 0 Å². The Morgan fingerprint density at radius 1 is 1.18 bits per heavy atom. The highest BCUT2D eigenvalue weighted by molar-refractivity contribution is 7.09. The zero-order valence-electron chi connectivity index (χ0n) is 23.5. The number of thiazole rings is 1. The van der Waals surface area contributed by atoms with E-state index >= 15 is 8.78 Å². The fourth-order valence-corrected chi connectivity index (χ4v) is 6.40. The number of carbonyl (C=O) groups excluding carboxylic acids is 2. The Balaban J connectivity index is 1.94. The van der Waals surface area contributed by atoms with Crippen molar-refractivity contribution in [2.45, 2.75) is 104 Å². The van der Waals surface area contributed by atoms with Crippen molar-refractivity contribution in [3.8, 4) is 0 Å². The van der Waals surface area contributed by atoms with E-state index in [1.54, 1.807) is 13.8 Å². The molecular weight excluding hydrogens is 557 g/mol. The zero-order valence-corrected chi connectivity index (χ0v) is 24.3. The number of nitrogens with zero attached hydrogens (tertiary/aromatic N) is 1. The molecule has 12 heteroatoms. The van der Waals surface area contributed by atoms with Crippen molar-refractivity contribution in [2.75, 3.05) is 0 Å². The molecule has 0 amide bonds. The number of aliphatic hydroxyl groups excluding tert-OH is 2. The number of hydrogen-bond donors (Lipinski definition) is 2. The van der Waals surface area contributed by atoms with Crippen LogP contribution in [0.5, 0.6) is 0 Å². The van der Waals surface area contributed by atoms with Gasteiger partial charge >= 0.3 is 12.1 Å². The van der Waals surface area contributed by atoms with Crippen LogP contribution in [-0.4, -0.2) is 51.2 Å². The molecular formula is C28H38F5NO5S. The number of carbonyl (C=O) groups is 2. The van der Waals surface area contributed by atoms with Gasteiger partial charge in [0.05, 0.1) is 29.7 Å². The summed E-state index contributed by atoms with van der Waals surface area (Å²) in [5.74, 6) is -6.85. The van der Waals surface area contributed by atoms with E-state index in [0.717, 1.165) is 0 Å². The average molecular weight is 596 g/mol. The number of fused-ring (bicyclic) bond motifs is 1. The molecule has 0 bridgehead atoms. The molecule has 0 aromatic carbocycles. The molecule has 2 heterocycles. The molecule has 1 aromatic heterocycles. The molecule has 0 radical (unpaired) electrons. The van der Waals surface area contributed by atoms with Crippen molar-refractivity contribution in [1.82, 2.24) is 4.98 Å². The third-order valence-corrected chi connectivity index (χ3v) is 9.85. The van der Waals surface area contributed by atoms with Crippen LogP contribution in [0.15, 0.2) is 11.0 Å². The number of aromatic nitrogens is 1. The van der Waals surface area contributed by atoms with Gasteiger partial charge in [0.15, 0.2) is 5.01 Å². The molecule has 1 aliphatic carbocycles. The van der Waals surface area contributed by atoms with Crippen molar-refractivity contribution >= 4 is 29.2 Å². The second kappa shape index (κ2) is 11.4. The number of esters is 1. The van der Waals surface area contributed by atoms with E-state index in [2.05, 4.69) is 4.98 Å².